The Morgan fingerprint density at radius 2 is 1.04 bits per heavy atom. The highest BCUT2D eigenvalue weighted by Crippen LogP contribution is 2.66. The Labute approximate surface area is 172 Å². The number of hydrogen-bond donors (Lipinski definition) is 0. The van der Waals surface area contributed by atoms with Gasteiger partial charge in [0.15, 0.2) is 0 Å². The van der Waals surface area contributed by atoms with Gasteiger partial charge in [0.2, 0.25) is 6.43 Å². The van der Waals surface area contributed by atoms with Crippen LogP contribution >= 0.6 is 7.80 Å². The molecule has 1 fully saturated rings. The molecule has 0 heterocycles. The van der Waals surface area contributed by atoms with E-state index in [2.05, 4.69) is 101 Å². The lowest BCUT2D eigenvalue weighted by Gasteiger charge is -2.46. The molecule has 0 spiro atoms. The van der Waals surface area contributed by atoms with Gasteiger partial charge in [-0.05, 0) is 32.3 Å². The Morgan fingerprint density at radius 3 is 1.30 bits per heavy atom. The summed E-state index contributed by atoms with van der Waals surface area (Å²) in [6.07, 6.45) is 3.56. The molecule has 1 aliphatic rings. The molecule has 1 aromatic carbocycles. The molecular formula is C25H44BP. The molecule has 152 valence electrons. The van der Waals surface area contributed by atoms with Crippen LogP contribution in [0.4, 0.5) is 0 Å². The molecule has 1 saturated carbocycles. The van der Waals surface area contributed by atoms with Crippen molar-refractivity contribution >= 4 is 19.7 Å². The van der Waals surface area contributed by atoms with Crippen LogP contribution in [0.2, 0.25) is 5.82 Å². The zero-order valence-electron chi connectivity index (χ0n) is 20.2. The molecule has 0 unspecified atom stereocenters. The van der Waals surface area contributed by atoms with Gasteiger partial charge < -0.3 is 0 Å². The average Bonchev–Trinajstić information content (AvgIpc) is 3.23. The van der Waals surface area contributed by atoms with Crippen molar-refractivity contribution in [2.45, 2.75) is 123 Å². The quantitative estimate of drug-likeness (QED) is 0.368. The van der Waals surface area contributed by atoms with E-state index in [4.69, 9.17) is 0 Å². The van der Waals surface area contributed by atoms with Gasteiger partial charge in [-0.2, -0.15) is 0 Å². The molecule has 0 aliphatic heterocycles. The minimum absolute atomic E-state index is 0.156. The summed E-state index contributed by atoms with van der Waals surface area (Å²) in [5.41, 5.74) is 5.03. The maximum atomic E-state index is 2.57. The normalized spacial score (nSPS) is 16.8. The van der Waals surface area contributed by atoms with Crippen LogP contribution in [0.5, 0.6) is 0 Å². The van der Waals surface area contributed by atoms with Gasteiger partial charge in [0.25, 0.3) is 0 Å². The molecule has 0 atom stereocenters. The van der Waals surface area contributed by atoms with E-state index < -0.39 is 0 Å². The van der Waals surface area contributed by atoms with Gasteiger partial charge in [0.1, 0.15) is 0 Å². The van der Waals surface area contributed by atoms with Crippen LogP contribution in [0, 0.1) is 0 Å². The van der Waals surface area contributed by atoms with Crippen LogP contribution < -0.4 is 5.46 Å². The van der Waals surface area contributed by atoms with Gasteiger partial charge in [-0.3, -0.25) is 0 Å². The highest BCUT2D eigenvalue weighted by molar-refractivity contribution is 7.94. The molecule has 0 amide bonds. The van der Waals surface area contributed by atoms with Crippen molar-refractivity contribution in [2.24, 2.45) is 0 Å². The molecule has 1 aromatic rings. The highest BCUT2D eigenvalue weighted by Gasteiger charge is 2.49. The monoisotopic (exact) mass is 386 g/mol. The van der Waals surface area contributed by atoms with Gasteiger partial charge in [0, 0.05) is 0 Å². The first kappa shape index (κ1) is 23.0. The molecule has 0 N–H and O–H groups in total. The van der Waals surface area contributed by atoms with Crippen molar-refractivity contribution in [1.82, 2.24) is 0 Å². The van der Waals surface area contributed by atoms with E-state index >= 15 is 0 Å². The van der Waals surface area contributed by atoms with Gasteiger partial charge in [-0.15, -0.1) is 7.80 Å². The largest absolute Gasteiger partial charge is 0.208 e. The van der Waals surface area contributed by atoms with E-state index in [9.17, 15) is 0 Å². The Balaban J connectivity index is 2.70. The summed E-state index contributed by atoms with van der Waals surface area (Å²) < 4.78 is 0. The van der Waals surface area contributed by atoms with Gasteiger partial charge in [-0.25, -0.2) is 0 Å². The van der Waals surface area contributed by atoms with Crippen molar-refractivity contribution in [3.05, 3.63) is 29.3 Å². The predicted octanol–water partition coefficient (Wildman–Crippen LogP) is 7.72. The van der Waals surface area contributed by atoms with Crippen molar-refractivity contribution in [2.75, 3.05) is 0 Å². The number of benzene rings is 1. The summed E-state index contributed by atoms with van der Waals surface area (Å²) in [7, 11) is -0.156. The fraction of sp³-hybridized carbons (Fsp3) is 0.760. The lowest BCUT2D eigenvalue weighted by atomic mass is 9.60. The first-order chi connectivity index (χ1) is 11.9. The second-order valence-electron chi connectivity index (χ2n) is 12.8. The molecule has 2 rings (SSSR count). The molecular weight excluding hydrogens is 342 g/mol. The standard InChI is InChI=1S/C25H44BP/c1-22(2,3)18-15-19(23(4,5)6)17-21(16-18)26(20-13-14-20)27(24(7,8)9)25(10,11)12/h15-17,20H,13-14H2,1-12H3. The molecule has 0 aromatic heterocycles. The lowest BCUT2D eigenvalue weighted by molar-refractivity contribution is 0.569. The second kappa shape index (κ2) is 7.20. The summed E-state index contributed by atoms with van der Waals surface area (Å²) in [5, 5.41) is 0.723. The molecule has 2 heteroatoms. The SMILES string of the molecule is CC(C)(C)c1cc(B(C2CC2)P(C(C)(C)C)C(C)(C)C)cc(C(C)(C)C)c1. The van der Waals surface area contributed by atoms with Crippen LogP contribution in [-0.4, -0.2) is 16.7 Å². The van der Waals surface area contributed by atoms with Gasteiger partial charge in [0.05, 0.1) is 0 Å². The van der Waals surface area contributed by atoms with Crippen molar-refractivity contribution in [3.8, 4) is 0 Å². The van der Waals surface area contributed by atoms with Crippen LogP contribution in [0.25, 0.3) is 0 Å². The topological polar surface area (TPSA) is 0 Å². The van der Waals surface area contributed by atoms with Crippen LogP contribution in [0.3, 0.4) is 0 Å². The van der Waals surface area contributed by atoms with Crippen molar-refractivity contribution in [1.29, 1.82) is 0 Å². The first-order valence-corrected chi connectivity index (χ1v) is 12.3. The number of hydrogen-bond acceptors (Lipinski definition) is 0. The highest BCUT2D eigenvalue weighted by atomic mass is 31.1. The van der Waals surface area contributed by atoms with E-state index in [0.29, 0.717) is 10.3 Å². The van der Waals surface area contributed by atoms with Crippen LogP contribution in [0.15, 0.2) is 18.2 Å². The van der Waals surface area contributed by atoms with Crippen LogP contribution in [0.1, 0.15) is 107 Å². The fourth-order valence-electron chi connectivity index (χ4n) is 4.57. The fourth-order valence-corrected chi connectivity index (χ4v) is 9.42. The second-order valence-corrected chi connectivity index (χ2v) is 16.8. The third kappa shape index (κ3) is 5.62. The third-order valence-electron chi connectivity index (χ3n) is 5.82. The van der Waals surface area contributed by atoms with Crippen molar-refractivity contribution < 1.29 is 0 Å². The molecule has 27 heavy (non-hydrogen) atoms. The predicted molar refractivity (Wildman–Crippen MR) is 129 cm³/mol. The summed E-state index contributed by atoms with van der Waals surface area (Å²) in [4.78, 5) is 0. The average molecular weight is 386 g/mol. The van der Waals surface area contributed by atoms with E-state index in [1.165, 1.54) is 24.0 Å². The summed E-state index contributed by atoms with van der Waals surface area (Å²) in [6, 6.07) is 7.62. The summed E-state index contributed by atoms with van der Waals surface area (Å²) in [5.74, 6) is 0.887. The minimum Gasteiger partial charge on any atom is -0.123 e. The van der Waals surface area contributed by atoms with Gasteiger partial charge >= 0.3 is 0 Å². The maximum Gasteiger partial charge on any atom is 0.208 e. The van der Waals surface area contributed by atoms with E-state index in [0.717, 1.165) is 12.2 Å². The smallest absolute Gasteiger partial charge is 0.123 e. The Kier molecular flexibility index (Phi) is 6.13. The van der Waals surface area contributed by atoms with E-state index in [1.54, 1.807) is 5.46 Å². The van der Waals surface area contributed by atoms with E-state index in [-0.39, 0.29) is 18.6 Å². The zero-order valence-corrected chi connectivity index (χ0v) is 21.1. The Hall–Kier alpha value is -0.285. The molecule has 0 radical (unpaired) electrons. The Bertz CT molecular complexity index is 611. The summed E-state index contributed by atoms with van der Waals surface area (Å²) >= 11 is 0. The third-order valence-corrected chi connectivity index (χ3v) is 9.99. The number of rotatable bonds is 3. The van der Waals surface area contributed by atoms with Crippen LogP contribution in [-0.2, 0) is 10.8 Å². The molecule has 0 saturated heterocycles. The van der Waals surface area contributed by atoms with E-state index in [1.807, 2.05) is 0 Å². The minimum atomic E-state index is -0.156. The van der Waals surface area contributed by atoms with Crippen molar-refractivity contribution in [3.63, 3.8) is 0 Å². The Morgan fingerprint density at radius 1 is 0.667 bits per heavy atom. The molecule has 1 aliphatic carbocycles. The van der Waals surface area contributed by atoms with Gasteiger partial charge in [-0.1, -0.05) is 125 Å². The maximum absolute atomic E-state index is 2.57. The zero-order chi connectivity index (χ0) is 21.0. The lowest BCUT2D eigenvalue weighted by Crippen LogP contribution is -2.42. The molecule has 0 nitrogen and oxygen atoms in total. The summed E-state index contributed by atoms with van der Waals surface area (Å²) in [6.45, 7) is 29.1. The molecule has 0 bridgehead atoms. The first-order valence-electron chi connectivity index (χ1n) is 10.9.